The van der Waals surface area contributed by atoms with Crippen LogP contribution in [0.15, 0.2) is 42.5 Å². The molecule has 1 aliphatic heterocycles. The number of thiophene rings is 1. The molecule has 1 atom stereocenters. The number of amides is 2. The topological polar surface area (TPSA) is 32.3 Å². The van der Waals surface area contributed by atoms with Gasteiger partial charge in [-0.25, -0.2) is 9.18 Å². The normalized spacial score (nSPS) is 17.8. The van der Waals surface area contributed by atoms with Crippen molar-refractivity contribution in [1.29, 1.82) is 0 Å². The summed E-state index contributed by atoms with van der Waals surface area (Å²) in [5, 5.41) is 3.64. The Labute approximate surface area is 190 Å². The summed E-state index contributed by atoms with van der Waals surface area (Å²) in [6.07, 6.45) is 5.57. The molecule has 0 saturated carbocycles. The Hall–Kier alpha value is -2.37. The minimum atomic E-state index is -0.268. The fourth-order valence-corrected chi connectivity index (χ4v) is 6.52. The first-order valence-corrected chi connectivity index (χ1v) is 11.9. The van der Waals surface area contributed by atoms with Crippen LogP contribution in [0, 0.1) is 12.7 Å². The van der Waals surface area contributed by atoms with E-state index >= 15 is 0 Å². The number of hydrogen-bond donors (Lipinski definition) is 1. The van der Waals surface area contributed by atoms with E-state index in [-0.39, 0.29) is 17.9 Å². The van der Waals surface area contributed by atoms with Crippen LogP contribution >= 0.6 is 22.9 Å². The van der Waals surface area contributed by atoms with Crippen molar-refractivity contribution >= 4 is 34.7 Å². The highest BCUT2D eigenvalue weighted by Crippen LogP contribution is 2.45. The molecule has 2 heterocycles. The van der Waals surface area contributed by atoms with E-state index in [1.165, 1.54) is 45.9 Å². The van der Waals surface area contributed by atoms with Crippen LogP contribution in [-0.4, -0.2) is 17.5 Å². The minimum Gasteiger partial charge on any atom is -0.312 e. The number of benzene rings is 2. The van der Waals surface area contributed by atoms with E-state index in [2.05, 4.69) is 5.32 Å². The quantitative estimate of drug-likeness (QED) is 0.448. The van der Waals surface area contributed by atoms with Crippen LogP contribution in [-0.2, 0) is 19.3 Å². The number of carbonyl (C=O) groups excluding carboxylic acids is 1. The van der Waals surface area contributed by atoms with Gasteiger partial charge in [0.05, 0.1) is 6.04 Å². The summed E-state index contributed by atoms with van der Waals surface area (Å²) >= 11 is 7.99. The van der Waals surface area contributed by atoms with Crippen LogP contribution < -0.4 is 5.32 Å². The second-order valence-corrected chi connectivity index (χ2v) is 9.91. The van der Waals surface area contributed by atoms with Crippen molar-refractivity contribution in [2.75, 3.05) is 11.9 Å². The fourth-order valence-electron chi connectivity index (χ4n) is 4.76. The van der Waals surface area contributed by atoms with E-state index in [1.54, 1.807) is 18.2 Å². The maximum atomic E-state index is 13.7. The van der Waals surface area contributed by atoms with E-state index in [1.807, 2.05) is 35.3 Å². The van der Waals surface area contributed by atoms with Crippen molar-refractivity contribution in [3.8, 4) is 0 Å². The molecule has 0 bridgehead atoms. The molecule has 3 aromatic rings. The molecule has 1 aromatic heterocycles. The number of hydrogen-bond acceptors (Lipinski definition) is 2. The average molecular weight is 455 g/mol. The van der Waals surface area contributed by atoms with Gasteiger partial charge in [-0.05, 0) is 85.5 Å². The van der Waals surface area contributed by atoms with E-state index in [4.69, 9.17) is 11.6 Å². The maximum Gasteiger partial charge on any atom is 0.322 e. The molecule has 1 N–H and O–H groups in total. The monoisotopic (exact) mass is 454 g/mol. The first kappa shape index (κ1) is 20.5. The van der Waals surface area contributed by atoms with Crippen molar-refractivity contribution in [1.82, 2.24) is 4.90 Å². The molecule has 0 fully saturated rings. The van der Waals surface area contributed by atoms with E-state index < -0.39 is 0 Å². The standard InChI is InChI=1S/C25H24ClFN2OS/c1-15-6-9-17(26)14-21(15)28-25(30)29-13-12-20-19-4-2-3-5-22(19)31-24(20)23(29)16-7-10-18(27)11-8-16/h6-11,14,23H,2-5,12-13H2,1H3,(H,28,30). The molecule has 3 nitrogen and oxygen atoms in total. The Kier molecular flexibility index (Phi) is 5.49. The van der Waals surface area contributed by atoms with Crippen molar-refractivity contribution in [3.63, 3.8) is 0 Å². The minimum absolute atomic E-state index is 0.156. The highest BCUT2D eigenvalue weighted by molar-refractivity contribution is 7.12. The second kappa shape index (κ2) is 8.29. The Morgan fingerprint density at radius 1 is 1.10 bits per heavy atom. The molecule has 160 valence electrons. The van der Waals surface area contributed by atoms with Crippen LogP contribution in [0.5, 0.6) is 0 Å². The van der Waals surface area contributed by atoms with Gasteiger partial charge in [-0.1, -0.05) is 29.8 Å². The number of anilines is 1. The molecule has 1 aliphatic carbocycles. The number of nitrogens with zero attached hydrogens (tertiary/aromatic N) is 1. The van der Waals surface area contributed by atoms with Crippen molar-refractivity contribution in [3.05, 3.63) is 85.3 Å². The molecule has 0 radical (unpaired) electrons. The summed E-state index contributed by atoms with van der Waals surface area (Å²) in [6.45, 7) is 2.58. The lowest BCUT2D eigenvalue weighted by Crippen LogP contribution is -2.42. The predicted molar refractivity (Wildman–Crippen MR) is 125 cm³/mol. The fraction of sp³-hybridized carbons (Fsp3) is 0.320. The summed E-state index contributed by atoms with van der Waals surface area (Å²) < 4.78 is 13.7. The zero-order chi connectivity index (χ0) is 21.5. The van der Waals surface area contributed by atoms with Crippen LogP contribution in [0.4, 0.5) is 14.9 Å². The number of carbonyl (C=O) groups is 1. The molecule has 0 spiro atoms. The van der Waals surface area contributed by atoms with Crippen LogP contribution in [0.25, 0.3) is 0 Å². The van der Waals surface area contributed by atoms with Gasteiger partial charge in [0.1, 0.15) is 5.82 Å². The van der Waals surface area contributed by atoms with E-state index in [9.17, 15) is 9.18 Å². The first-order chi connectivity index (χ1) is 15.0. The maximum absolute atomic E-state index is 13.7. The number of aryl methyl sites for hydroxylation is 2. The predicted octanol–water partition coefficient (Wildman–Crippen LogP) is 6.91. The highest BCUT2D eigenvalue weighted by atomic mass is 35.5. The number of halogens is 2. The number of fused-ring (bicyclic) bond motifs is 3. The lowest BCUT2D eigenvalue weighted by Gasteiger charge is -2.36. The van der Waals surface area contributed by atoms with Gasteiger partial charge in [0.15, 0.2) is 0 Å². The zero-order valence-electron chi connectivity index (χ0n) is 17.4. The number of urea groups is 1. The summed E-state index contributed by atoms with van der Waals surface area (Å²) in [4.78, 5) is 18.0. The molecule has 1 unspecified atom stereocenters. The molecule has 6 heteroatoms. The van der Waals surface area contributed by atoms with Gasteiger partial charge in [0.25, 0.3) is 0 Å². The Balaban J connectivity index is 1.54. The number of nitrogens with one attached hydrogen (secondary N) is 1. The molecule has 31 heavy (non-hydrogen) atoms. The van der Waals surface area contributed by atoms with E-state index in [0.29, 0.717) is 17.3 Å². The smallest absolute Gasteiger partial charge is 0.312 e. The van der Waals surface area contributed by atoms with Gasteiger partial charge < -0.3 is 10.2 Å². The Bertz CT molecular complexity index is 1140. The summed E-state index contributed by atoms with van der Waals surface area (Å²) in [7, 11) is 0. The van der Waals surface area contributed by atoms with Gasteiger partial charge in [-0.2, -0.15) is 0 Å². The lowest BCUT2D eigenvalue weighted by molar-refractivity contribution is 0.195. The van der Waals surface area contributed by atoms with Gasteiger partial charge in [0, 0.05) is 27.0 Å². The molecule has 2 aromatic carbocycles. The van der Waals surface area contributed by atoms with Gasteiger partial charge in [-0.3, -0.25) is 0 Å². The third-order valence-corrected chi connectivity index (χ3v) is 7.98. The van der Waals surface area contributed by atoms with Crippen molar-refractivity contribution in [2.24, 2.45) is 0 Å². The van der Waals surface area contributed by atoms with Crippen LogP contribution in [0.3, 0.4) is 0 Å². The van der Waals surface area contributed by atoms with Crippen LogP contribution in [0.2, 0.25) is 5.02 Å². The molecule has 2 aliphatic rings. The SMILES string of the molecule is Cc1ccc(Cl)cc1NC(=O)N1CCc2c(sc3c2CCCC3)C1c1ccc(F)cc1. The van der Waals surface area contributed by atoms with Gasteiger partial charge in [-0.15, -0.1) is 11.3 Å². The van der Waals surface area contributed by atoms with Crippen LogP contribution in [0.1, 0.15) is 50.9 Å². The Morgan fingerprint density at radius 2 is 1.87 bits per heavy atom. The highest BCUT2D eigenvalue weighted by Gasteiger charge is 2.36. The largest absolute Gasteiger partial charge is 0.322 e. The van der Waals surface area contributed by atoms with Gasteiger partial charge in [0.2, 0.25) is 0 Å². The van der Waals surface area contributed by atoms with Crippen molar-refractivity contribution in [2.45, 2.75) is 45.1 Å². The molecule has 2 amide bonds. The Morgan fingerprint density at radius 3 is 2.68 bits per heavy atom. The molecular formula is C25H24ClFN2OS. The summed E-state index contributed by atoms with van der Waals surface area (Å²) in [6, 6.07) is 11.7. The first-order valence-electron chi connectivity index (χ1n) is 10.7. The van der Waals surface area contributed by atoms with E-state index in [0.717, 1.165) is 30.4 Å². The average Bonchev–Trinajstić information content (AvgIpc) is 3.15. The number of rotatable bonds is 2. The zero-order valence-corrected chi connectivity index (χ0v) is 19.0. The molecular weight excluding hydrogens is 431 g/mol. The van der Waals surface area contributed by atoms with Crippen molar-refractivity contribution < 1.29 is 9.18 Å². The van der Waals surface area contributed by atoms with Gasteiger partial charge >= 0.3 is 6.03 Å². The summed E-state index contributed by atoms with van der Waals surface area (Å²) in [5.74, 6) is -0.268. The summed E-state index contributed by atoms with van der Waals surface area (Å²) in [5.41, 5.74) is 5.53. The third-order valence-electron chi connectivity index (χ3n) is 6.36. The molecule has 5 rings (SSSR count). The lowest BCUT2D eigenvalue weighted by atomic mass is 9.88. The second-order valence-electron chi connectivity index (χ2n) is 8.34. The molecule has 0 saturated heterocycles. The third kappa shape index (κ3) is 3.85.